The van der Waals surface area contributed by atoms with Crippen molar-refractivity contribution in [3.63, 3.8) is 0 Å². The van der Waals surface area contributed by atoms with Crippen molar-refractivity contribution >= 4 is 22.9 Å². The molecule has 1 aromatic heterocycles. The minimum Gasteiger partial charge on any atom is -0.463 e. The minimum atomic E-state index is -0.340. The van der Waals surface area contributed by atoms with Crippen molar-refractivity contribution < 1.29 is 9.53 Å². The lowest BCUT2D eigenvalue weighted by Crippen LogP contribution is -1.99. The fraction of sp³-hybridized carbons (Fsp3) is 0.294. The second-order valence-corrected chi connectivity index (χ2v) is 4.93. The van der Waals surface area contributed by atoms with Gasteiger partial charge >= 0.3 is 5.97 Å². The summed E-state index contributed by atoms with van der Waals surface area (Å²) < 4.78 is 4.87. The predicted octanol–water partition coefficient (Wildman–Crippen LogP) is 3.74. The molecule has 0 unspecified atom stereocenters. The van der Waals surface area contributed by atoms with Gasteiger partial charge in [-0.3, -0.25) is 0 Å². The Hall–Kier alpha value is -2.16. The van der Waals surface area contributed by atoms with E-state index in [1.807, 2.05) is 6.07 Å². The van der Waals surface area contributed by atoms with E-state index in [0.717, 1.165) is 27.7 Å². The molecular formula is C17H19NO2. The summed E-state index contributed by atoms with van der Waals surface area (Å²) in [5.41, 5.74) is 5.30. The number of benzene rings is 1. The second-order valence-electron chi connectivity index (χ2n) is 4.93. The minimum absolute atomic E-state index is 0.340. The quantitative estimate of drug-likeness (QED) is 0.629. The molecule has 2 aromatic rings. The van der Waals surface area contributed by atoms with E-state index < -0.39 is 0 Å². The average molecular weight is 269 g/mol. The number of carbonyl (C=O) groups is 1. The van der Waals surface area contributed by atoms with E-state index in [1.54, 1.807) is 13.0 Å². The van der Waals surface area contributed by atoms with Crippen LogP contribution < -0.4 is 0 Å². The molecule has 0 saturated heterocycles. The maximum Gasteiger partial charge on any atom is 0.330 e. The first-order valence-electron chi connectivity index (χ1n) is 6.74. The molecule has 2 rings (SSSR count). The van der Waals surface area contributed by atoms with Gasteiger partial charge in [0.05, 0.1) is 17.8 Å². The lowest BCUT2D eigenvalue weighted by Gasteiger charge is -2.08. The van der Waals surface area contributed by atoms with Gasteiger partial charge in [0.25, 0.3) is 0 Å². The van der Waals surface area contributed by atoms with E-state index in [4.69, 9.17) is 4.74 Å². The lowest BCUT2D eigenvalue weighted by atomic mass is 10.0. The molecule has 104 valence electrons. The number of pyridine rings is 1. The summed E-state index contributed by atoms with van der Waals surface area (Å²) in [6, 6.07) is 6.24. The molecule has 0 amide bonds. The number of ether oxygens (including phenoxy) is 1. The molecule has 3 nitrogen and oxygen atoms in total. The standard InChI is InChI=1S/C17H19NO2/c1-5-20-16(19)7-6-14-10-12(3)15-9-11(2)8-13(4)17(15)18-14/h6-10H,5H2,1-4H3/b7-6+. The number of hydrogen-bond donors (Lipinski definition) is 0. The van der Waals surface area contributed by atoms with Crippen LogP contribution in [0.15, 0.2) is 24.3 Å². The SMILES string of the molecule is CCOC(=O)/C=C/c1cc(C)c2cc(C)cc(C)c2n1. The van der Waals surface area contributed by atoms with E-state index >= 15 is 0 Å². The van der Waals surface area contributed by atoms with Crippen molar-refractivity contribution in [1.29, 1.82) is 0 Å². The maximum atomic E-state index is 11.3. The molecule has 0 N–H and O–H groups in total. The fourth-order valence-corrected chi connectivity index (χ4v) is 2.30. The van der Waals surface area contributed by atoms with Gasteiger partial charge in [0.1, 0.15) is 0 Å². The molecule has 0 spiro atoms. The molecule has 0 aliphatic rings. The Morgan fingerprint density at radius 2 is 1.95 bits per heavy atom. The molecular weight excluding hydrogens is 250 g/mol. The Balaban J connectivity index is 2.45. The molecule has 0 bridgehead atoms. The molecule has 0 saturated carbocycles. The van der Waals surface area contributed by atoms with Crippen molar-refractivity contribution in [2.75, 3.05) is 6.61 Å². The van der Waals surface area contributed by atoms with Gasteiger partial charge in [-0.1, -0.05) is 11.6 Å². The normalized spacial score (nSPS) is 11.2. The van der Waals surface area contributed by atoms with Crippen molar-refractivity contribution in [3.05, 3.63) is 46.7 Å². The van der Waals surface area contributed by atoms with E-state index in [9.17, 15) is 4.79 Å². The van der Waals surface area contributed by atoms with Gasteiger partial charge in [-0.25, -0.2) is 9.78 Å². The summed E-state index contributed by atoms with van der Waals surface area (Å²) in [6.45, 7) is 8.37. The molecule has 0 aliphatic carbocycles. The summed E-state index contributed by atoms with van der Waals surface area (Å²) in [5.74, 6) is -0.340. The monoisotopic (exact) mass is 269 g/mol. The van der Waals surface area contributed by atoms with Gasteiger partial charge in [-0.15, -0.1) is 0 Å². The second kappa shape index (κ2) is 5.87. The zero-order chi connectivity index (χ0) is 14.7. The third-order valence-corrected chi connectivity index (χ3v) is 3.15. The number of hydrogen-bond acceptors (Lipinski definition) is 3. The van der Waals surface area contributed by atoms with E-state index in [1.165, 1.54) is 11.6 Å². The van der Waals surface area contributed by atoms with Crippen LogP contribution in [0, 0.1) is 20.8 Å². The molecule has 0 radical (unpaired) electrons. The van der Waals surface area contributed by atoms with Crippen LogP contribution in [-0.4, -0.2) is 17.6 Å². The van der Waals surface area contributed by atoms with Crippen molar-refractivity contribution in [3.8, 4) is 0 Å². The Morgan fingerprint density at radius 3 is 2.65 bits per heavy atom. The summed E-state index contributed by atoms with van der Waals surface area (Å²) in [7, 11) is 0. The first kappa shape index (κ1) is 14.3. The van der Waals surface area contributed by atoms with Crippen molar-refractivity contribution in [2.24, 2.45) is 0 Å². The molecule has 0 fully saturated rings. The van der Waals surface area contributed by atoms with Gasteiger partial charge in [0, 0.05) is 11.5 Å². The molecule has 1 aromatic carbocycles. The first-order valence-corrected chi connectivity index (χ1v) is 6.74. The van der Waals surface area contributed by atoms with Gasteiger partial charge in [0.2, 0.25) is 0 Å². The molecule has 0 atom stereocenters. The number of fused-ring (bicyclic) bond motifs is 1. The zero-order valence-corrected chi connectivity index (χ0v) is 12.4. The number of aromatic nitrogens is 1. The topological polar surface area (TPSA) is 39.2 Å². The van der Waals surface area contributed by atoms with Crippen LogP contribution in [0.3, 0.4) is 0 Å². The van der Waals surface area contributed by atoms with Crippen LogP contribution in [-0.2, 0) is 9.53 Å². The molecule has 20 heavy (non-hydrogen) atoms. The zero-order valence-electron chi connectivity index (χ0n) is 12.4. The van der Waals surface area contributed by atoms with Crippen LogP contribution in [0.2, 0.25) is 0 Å². The maximum absolute atomic E-state index is 11.3. The van der Waals surface area contributed by atoms with Gasteiger partial charge < -0.3 is 4.74 Å². The van der Waals surface area contributed by atoms with Crippen LogP contribution >= 0.6 is 0 Å². The van der Waals surface area contributed by atoms with Gasteiger partial charge in [0.15, 0.2) is 0 Å². The number of esters is 1. The first-order chi connectivity index (χ1) is 9.51. The summed E-state index contributed by atoms with van der Waals surface area (Å²) in [4.78, 5) is 16.0. The van der Waals surface area contributed by atoms with Crippen LogP contribution in [0.5, 0.6) is 0 Å². The fourth-order valence-electron chi connectivity index (χ4n) is 2.30. The van der Waals surface area contributed by atoms with E-state index in [0.29, 0.717) is 6.61 Å². The number of carbonyl (C=O) groups excluding carboxylic acids is 1. The van der Waals surface area contributed by atoms with Crippen molar-refractivity contribution in [1.82, 2.24) is 4.98 Å². The highest BCUT2D eigenvalue weighted by molar-refractivity contribution is 5.89. The summed E-state index contributed by atoms with van der Waals surface area (Å²) in [5, 5.41) is 1.16. The lowest BCUT2D eigenvalue weighted by molar-refractivity contribution is -0.137. The van der Waals surface area contributed by atoms with Crippen molar-refractivity contribution in [2.45, 2.75) is 27.7 Å². The average Bonchev–Trinajstić information content (AvgIpc) is 2.38. The summed E-state index contributed by atoms with van der Waals surface area (Å²) >= 11 is 0. The van der Waals surface area contributed by atoms with Crippen LogP contribution in [0.25, 0.3) is 17.0 Å². The highest BCUT2D eigenvalue weighted by atomic mass is 16.5. The largest absolute Gasteiger partial charge is 0.463 e. The Morgan fingerprint density at radius 1 is 1.20 bits per heavy atom. The molecule has 3 heteroatoms. The smallest absolute Gasteiger partial charge is 0.330 e. The van der Waals surface area contributed by atoms with Gasteiger partial charge in [-0.05, 0) is 57.0 Å². The Bertz CT molecular complexity index is 687. The molecule has 0 aliphatic heterocycles. The number of aryl methyl sites for hydroxylation is 3. The van der Waals surface area contributed by atoms with E-state index in [-0.39, 0.29) is 5.97 Å². The van der Waals surface area contributed by atoms with Crippen LogP contribution in [0.4, 0.5) is 0 Å². The number of rotatable bonds is 3. The Kier molecular flexibility index (Phi) is 4.18. The highest BCUT2D eigenvalue weighted by Gasteiger charge is 2.05. The van der Waals surface area contributed by atoms with Gasteiger partial charge in [-0.2, -0.15) is 0 Å². The third-order valence-electron chi connectivity index (χ3n) is 3.15. The molecule has 1 heterocycles. The van der Waals surface area contributed by atoms with E-state index in [2.05, 4.69) is 37.9 Å². The third kappa shape index (κ3) is 3.05. The predicted molar refractivity (Wildman–Crippen MR) is 81.6 cm³/mol. The number of nitrogens with zero attached hydrogens (tertiary/aromatic N) is 1. The van der Waals surface area contributed by atoms with Crippen LogP contribution in [0.1, 0.15) is 29.3 Å². The summed E-state index contributed by atoms with van der Waals surface area (Å²) in [6.07, 6.45) is 3.12. The Labute approximate surface area is 119 Å². The highest BCUT2D eigenvalue weighted by Crippen LogP contribution is 2.23.